The van der Waals surface area contributed by atoms with Crippen molar-refractivity contribution >= 4 is 37.9 Å². The van der Waals surface area contributed by atoms with E-state index < -0.39 is 16.1 Å². The van der Waals surface area contributed by atoms with Gasteiger partial charge in [-0.1, -0.05) is 11.6 Å². The van der Waals surface area contributed by atoms with Crippen LogP contribution in [0.2, 0.25) is 5.15 Å². The number of fused-ring (bicyclic) bond motifs is 1. The van der Waals surface area contributed by atoms with Gasteiger partial charge in [0.25, 0.3) is 10.0 Å². The first kappa shape index (κ1) is 14.3. The molecule has 0 aliphatic heterocycles. The Kier molecular flexibility index (Phi) is 3.82. The van der Waals surface area contributed by atoms with E-state index in [0.29, 0.717) is 4.96 Å². The van der Waals surface area contributed by atoms with Crippen molar-refractivity contribution in [3.8, 4) is 6.07 Å². The number of hydrogen-bond acceptors (Lipinski definition) is 5. The summed E-state index contributed by atoms with van der Waals surface area (Å²) in [4.78, 5) is 4.52. The minimum absolute atomic E-state index is 0.0529. The molecule has 2 aromatic rings. The molecule has 0 amide bonds. The summed E-state index contributed by atoms with van der Waals surface area (Å²) < 4.78 is 27.6. The van der Waals surface area contributed by atoms with Gasteiger partial charge in [-0.25, -0.2) is 13.4 Å². The lowest BCUT2D eigenvalue weighted by molar-refractivity contribution is 0.391. The molecule has 0 spiro atoms. The highest BCUT2D eigenvalue weighted by atomic mass is 35.5. The number of hydrogen-bond donors (Lipinski definition) is 0. The van der Waals surface area contributed by atoms with Crippen LogP contribution in [0.3, 0.4) is 0 Å². The summed E-state index contributed by atoms with van der Waals surface area (Å²) in [6.45, 7) is 1.67. The van der Waals surface area contributed by atoms with Crippen LogP contribution < -0.4 is 0 Å². The molecule has 0 aliphatic rings. The molecule has 0 N–H and O–H groups in total. The first-order valence-corrected chi connectivity index (χ1v) is 8.05. The highest BCUT2D eigenvalue weighted by Crippen LogP contribution is 2.28. The third-order valence-electron chi connectivity index (χ3n) is 2.81. The predicted octanol–water partition coefficient (Wildman–Crippen LogP) is 1.97. The molecule has 6 nitrogen and oxygen atoms in total. The summed E-state index contributed by atoms with van der Waals surface area (Å²) in [7, 11) is -2.36. The summed E-state index contributed by atoms with van der Waals surface area (Å²) in [6, 6.07) is 1.52. The molecule has 0 saturated heterocycles. The topological polar surface area (TPSA) is 78.5 Å². The van der Waals surface area contributed by atoms with Crippen LogP contribution in [-0.2, 0) is 10.0 Å². The zero-order chi connectivity index (χ0) is 14.2. The summed E-state index contributed by atoms with van der Waals surface area (Å²) in [5, 5.41) is 10.3. The van der Waals surface area contributed by atoms with Gasteiger partial charge in [0.15, 0.2) is 15.1 Å². The second-order valence-electron chi connectivity index (χ2n) is 4.00. The number of thiazole rings is 1. The van der Waals surface area contributed by atoms with Crippen LogP contribution in [-0.4, -0.2) is 35.2 Å². The molecule has 0 aliphatic carbocycles. The fraction of sp³-hybridized carbons (Fsp3) is 0.400. The first-order valence-electron chi connectivity index (χ1n) is 5.35. The van der Waals surface area contributed by atoms with Crippen LogP contribution in [0.25, 0.3) is 4.96 Å². The summed E-state index contributed by atoms with van der Waals surface area (Å²) in [5.41, 5.74) is 0. The van der Waals surface area contributed by atoms with Crippen LogP contribution in [0.5, 0.6) is 0 Å². The van der Waals surface area contributed by atoms with Crippen LogP contribution in [0, 0.1) is 11.3 Å². The number of halogens is 1. The molecule has 0 fully saturated rings. The minimum Gasteiger partial charge on any atom is -0.279 e. The number of nitrogens with zero attached hydrogens (tertiary/aromatic N) is 4. The average Bonchev–Trinajstić information content (AvgIpc) is 2.87. The van der Waals surface area contributed by atoms with Crippen LogP contribution in [0.4, 0.5) is 0 Å². The van der Waals surface area contributed by atoms with E-state index in [0.717, 1.165) is 4.31 Å². The van der Waals surface area contributed by atoms with E-state index >= 15 is 0 Å². The molecule has 0 aromatic carbocycles. The maximum Gasteiger partial charge on any atom is 0.262 e. The van der Waals surface area contributed by atoms with Crippen molar-refractivity contribution < 1.29 is 8.42 Å². The van der Waals surface area contributed by atoms with Crippen molar-refractivity contribution in [2.75, 3.05) is 7.05 Å². The van der Waals surface area contributed by atoms with E-state index in [4.69, 9.17) is 16.9 Å². The number of sulfonamides is 1. The first-order chi connectivity index (χ1) is 8.89. The third-order valence-corrected chi connectivity index (χ3v) is 5.94. The highest BCUT2D eigenvalue weighted by molar-refractivity contribution is 7.89. The standard InChI is InChI=1S/C10H11ClN4O2S2/c1-7(3-4-12)14(2)19(16,17)9-8(11)13-10-15(9)5-6-18-10/h5-7H,3H2,1-2H3. The van der Waals surface area contributed by atoms with E-state index in [2.05, 4.69) is 4.98 Å². The monoisotopic (exact) mass is 318 g/mol. The van der Waals surface area contributed by atoms with Crippen molar-refractivity contribution in [1.82, 2.24) is 13.7 Å². The molecule has 2 heterocycles. The fourth-order valence-electron chi connectivity index (χ4n) is 1.60. The van der Waals surface area contributed by atoms with Gasteiger partial charge in [0.2, 0.25) is 0 Å². The van der Waals surface area contributed by atoms with Gasteiger partial charge in [0, 0.05) is 24.7 Å². The largest absolute Gasteiger partial charge is 0.279 e. The maximum atomic E-state index is 12.5. The zero-order valence-corrected chi connectivity index (χ0v) is 12.6. The Balaban J connectivity index is 2.53. The van der Waals surface area contributed by atoms with Crippen molar-refractivity contribution in [2.24, 2.45) is 0 Å². The van der Waals surface area contributed by atoms with Crippen LogP contribution >= 0.6 is 22.9 Å². The summed E-state index contributed by atoms with van der Waals surface area (Å²) in [6.07, 6.45) is 1.72. The molecule has 0 radical (unpaired) electrons. The molecular formula is C10H11ClN4O2S2. The lowest BCUT2D eigenvalue weighted by Crippen LogP contribution is -2.35. The Hall–Kier alpha value is -1.14. The van der Waals surface area contributed by atoms with Gasteiger partial charge in [0.1, 0.15) is 0 Å². The van der Waals surface area contributed by atoms with E-state index in [9.17, 15) is 8.42 Å². The SMILES string of the molecule is CC(CC#N)N(C)S(=O)(=O)c1c(Cl)nc2sccn12. The quantitative estimate of drug-likeness (QED) is 0.863. The molecule has 2 rings (SSSR count). The lowest BCUT2D eigenvalue weighted by atomic mass is 10.3. The smallest absolute Gasteiger partial charge is 0.262 e. The van der Waals surface area contributed by atoms with Crippen molar-refractivity contribution in [3.05, 3.63) is 16.7 Å². The van der Waals surface area contributed by atoms with E-state index in [-0.39, 0.29) is 16.6 Å². The second kappa shape index (κ2) is 5.09. The Morgan fingerprint density at radius 1 is 1.68 bits per heavy atom. The third kappa shape index (κ3) is 2.34. The van der Waals surface area contributed by atoms with Crippen LogP contribution in [0.1, 0.15) is 13.3 Å². The van der Waals surface area contributed by atoms with Gasteiger partial charge < -0.3 is 0 Å². The van der Waals surface area contributed by atoms with Gasteiger partial charge in [-0.05, 0) is 6.92 Å². The Labute approximate surface area is 119 Å². The average molecular weight is 319 g/mol. The maximum absolute atomic E-state index is 12.5. The van der Waals surface area contributed by atoms with E-state index in [1.54, 1.807) is 18.5 Å². The molecule has 19 heavy (non-hydrogen) atoms. The summed E-state index contributed by atoms with van der Waals surface area (Å²) in [5.74, 6) is 0. The zero-order valence-electron chi connectivity index (χ0n) is 10.2. The number of rotatable bonds is 4. The molecule has 102 valence electrons. The molecule has 1 unspecified atom stereocenters. The minimum atomic E-state index is -3.79. The molecule has 0 saturated carbocycles. The van der Waals surface area contributed by atoms with Crippen molar-refractivity contribution in [2.45, 2.75) is 24.4 Å². The Morgan fingerprint density at radius 3 is 3.00 bits per heavy atom. The Bertz CT molecular complexity index is 743. The predicted molar refractivity (Wildman–Crippen MR) is 72.7 cm³/mol. The van der Waals surface area contributed by atoms with E-state index in [1.165, 1.54) is 22.8 Å². The van der Waals surface area contributed by atoms with Gasteiger partial charge >= 0.3 is 0 Å². The normalized spacial score (nSPS) is 13.8. The highest BCUT2D eigenvalue weighted by Gasteiger charge is 2.31. The van der Waals surface area contributed by atoms with Gasteiger partial charge in [-0.15, -0.1) is 11.3 Å². The molecule has 2 aromatic heterocycles. The molecule has 9 heteroatoms. The number of aromatic nitrogens is 2. The van der Waals surface area contributed by atoms with Crippen molar-refractivity contribution in [3.63, 3.8) is 0 Å². The molecule has 1 atom stereocenters. The molecule has 0 bridgehead atoms. The number of nitriles is 1. The van der Waals surface area contributed by atoms with Gasteiger partial charge in [0.05, 0.1) is 12.5 Å². The van der Waals surface area contributed by atoms with E-state index in [1.807, 2.05) is 6.07 Å². The summed E-state index contributed by atoms with van der Waals surface area (Å²) >= 11 is 7.22. The second-order valence-corrected chi connectivity index (χ2v) is 7.14. The van der Waals surface area contributed by atoms with Gasteiger partial charge in [-0.3, -0.25) is 4.40 Å². The Morgan fingerprint density at radius 2 is 2.37 bits per heavy atom. The molecular weight excluding hydrogens is 308 g/mol. The van der Waals surface area contributed by atoms with Gasteiger partial charge in [-0.2, -0.15) is 9.57 Å². The fourth-order valence-corrected chi connectivity index (χ4v) is 4.36. The van der Waals surface area contributed by atoms with Crippen molar-refractivity contribution in [1.29, 1.82) is 5.26 Å². The number of imidazole rings is 1. The lowest BCUT2D eigenvalue weighted by Gasteiger charge is -2.21. The van der Waals surface area contributed by atoms with Crippen LogP contribution in [0.15, 0.2) is 16.6 Å².